The molecule has 0 saturated carbocycles. The van der Waals surface area contributed by atoms with E-state index in [1.807, 2.05) is 12.1 Å². The Balaban J connectivity index is 1.68. The molecule has 0 fully saturated rings. The van der Waals surface area contributed by atoms with Crippen molar-refractivity contribution in [3.8, 4) is 5.75 Å². The van der Waals surface area contributed by atoms with Crippen molar-refractivity contribution in [2.45, 2.75) is 13.5 Å². The van der Waals surface area contributed by atoms with Crippen molar-refractivity contribution in [2.75, 3.05) is 17.7 Å². The predicted octanol–water partition coefficient (Wildman–Crippen LogP) is 4.20. The van der Waals surface area contributed by atoms with Gasteiger partial charge in [0.05, 0.1) is 18.3 Å². The summed E-state index contributed by atoms with van der Waals surface area (Å²) < 4.78 is 5.14. The summed E-state index contributed by atoms with van der Waals surface area (Å²) in [4.78, 5) is 4.41. The average Bonchev–Trinajstić information content (AvgIpc) is 2.61. The number of hydrogen-bond donors (Lipinski definition) is 2. The van der Waals surface area contributed by atoms with Crippen LogP contribution in [-0.4, -0.2) is 22.3 Å². The number of benzene rings is 2. The minimum Gasteiger partial charge on any atom is -0.495 e. The molecule has 25 heavy (non-hydrogen) atoms. The van der Waals surface area contributed by atoms with Gasteiger partial charge in [-0.15, -0.1) is 5.10 Å². The molecule has 0 amide bonds. The summed E-state index contributed by atoms with van der Waals surface area (Å²) >= 11 is 6.13. The van der Waals surface area contributed by atoms with Crippen LogP contribution in [0.25, 0.3) is 0 Å². The second-order valence-corrected chi connectivity index (χ2v) is 5.89. The molecule has 7 heteroatoms. The summed E-state index contributed by atoms with van der Waals surface area (Å²) in [6.45, 7) is 2.69. The van der Waals surface area contributed by atoms with Crippen LogP contribution in [0.5, 0.6) is 5.75 Å². The number of aromatic nitrogens is 3. The molecule has 1 heterocycles. The summed E-state index contributed by atoms with van der Waals surface area (Å²) in [5, 5.41) is 14.8. The fourth-order valence-corrected chi connectivity index (χ4v) is 2.59. The van der Waals surface area contributed by atoms with Crippen molar-refractivity contribution in [1.82, 2.24) is 15.2 Å². The van der Waals surface area contributed by atoms with Crippen LogP contribution in [0.3, 0.4) is 0 Å². The minimum absolute atomic E-state index is 0.450. The molecule has 3 aromatic rings. The SMILES string of the molecule is COc1ccc(Nc2cnnc(NCc3cccc(C)c3)n2)cc1Cl. The molecule has 3 rings (SSSR count). The van der Waals surface area contributed by atoms with Crippen LogP contribution in [0.15, 0.2) is 48.7 Å². The number of anilines is 3. The summed E-state index contributed by atoms with van der Waals surface area (Å²) in [6.07, 6.45) is 1.55. The number of methoxy groups -OCH3 is 1. The van der Waals surface area contributed by atoms with Gasteiger partial charge in [0.15, 0.2) is 5.82 Å². The predicted molar refractivity (Wildman–Crippen MR) is 99.6 cm³/mol. The Hall–Kier alpha value is -2.86. The Labute approximate surface area is 151 Å². The number of ether oxygens (including phenoxy) is 1. The van der Waals surface area contributed by atoms with Gasteiger partial charge in [0, 0.05) is 12.2 Å². The lowest BCUT2D eigenvalue weighted by atomic mass is 10.1. The third-order valence-electron chi connectivity index (χ3n) is 3.52. The maximum absolute atomic E-state index is 6.13. The van der Waals surface area contributed by atoms with E-state index in [0.717, 1.165) is 11.3 Å². The average molecular weight is 356 g/mol. The Kier molecular flexibility index (Phi) is 5.30. The van der Waals surface area contributed by atoms with E-state index in [9.17, 15) is 0 Å². The van der Waals surface area contributed by atoms with Gasteiger partial charge >= 0.3 is 0 Å². The summed E-state index contributed by atoms with van der Waals surface area (Å²) in [6, 6.07) is 13.7. The normalized spacial score (nSPS) is 10.4. The van der Waals surface area contributed by atoms with Gasteiger partial charge in [0.25, 0.3) is 0 Å². The van der Waals surface area contributed by atoms with E-state index in [2.05, 4.69) is 50.9 Å². The summed E-state index contributed by atoms with van der Waals surface area (Å²) in [5.41, 5.74) is 3.16. The first-order chi connectivity index (χ1) is 12.1. The van der Waals surface area contributed by atoms with Crippen molar-refractivity contribution < 1.29 is 4.74 Å². The largest absolute Gasteiger partial charge is 0.495 e. The molecular weight excluding hydrogens is 338 g/mol. The summed E-state index contributed by atoms with van der Waals surface area (Å²) in [5.74, 6) is 1.64. The van der Waals surface area contributed by atoms with Crippen molar-refractivity contribution in [2.24, 2.45) is 0 Å². The third kappa shape index (κ3) is 4.58. The highest BCUT2D eigenvalue weighted by molar-refractivity contribution is 6.32. The first-order valence-corrected chi connectivity index (χ1v) is 8.11. The van der Waals surface area contributed by atoms with Gasteiger partial charge in [-0.2, -0.15) is 10.1 Å². The van der Waals surface area contributed by atoms with Gasteiger partial charge in [-0.05, 0) is 30.7 Å². The van der Waals surface area contributed by atoms with Crippen LogP contribution in [0.4, 0.5) is 17.5 Å². The smallest absolute Gasteiger partial charge is 0.244 e. The van der Waals surface area contributed by atoms with Gasteiger partial charge in [-0.1, -0.05) is 41.4 Å². The molecule has 0 unspecified atom stereocenters. The standard InChI is InChI=1S/C18H18ClN5O/c1-12-4-3-5-13(8-12)10-20-18-23-17(11-21-24-18)22-14-6-7-16(25-2)15(19)9-14/h3-9,11H,10H2,1-2H3,(H2,20,22,23,24). The molecule has 128 valence electrons. The van der Waals surface area contributed by atoms with Crippen molar-refractivity contribution in [3.05, 3.63) is 64.8 Å². The number of aryl methyl sites for hydroxylation is 1. The summed E-state index contributed by atoms with van der Waals surface area (Å²) in [7, 11) is 1.58. The van der Waals surface area contributed by atoms with Crippen LogP contribution in [0, 0.1) is 6.92 Å². The topological polar surface area (TPSA) is 72.0 Å². The molecule has 1 aromatic heterocycles. The number of hydrogen-bond acceptors (Lipinski definition) is 6. The van der Waals surface area contributed by atoms with E-state index >= 15 is 0 Å². The van der Waals surface area contributed by atoms with Crippen molar-refractivity contribution in [3.63, 3.8) is 0 Å². The van der Waals surface area contributed by atoms with Crippen LogP contribution < -0.4 is 15.4 Å². The van der Waals surface area contributed by atoms with E-state index in [1.54, 1.807) is 25.4 Å². The van der Waals surface area contributed by atoms with E-state index < -0.39 is 0 Å². The lowest BCUT2D eigenvalue weighted by molar-refractivity contribution is 0.415. The monoisotopic (exact) mass is 355 g/mol. The Morgan fingerprint density at radius 2 is 2.04 bits per heavy atom. The molecular formula is C18H18ClN5O. The molecule has 2 aromatic carbocycles. The fraction of sp³-hybridized carbons (Fsp3) is 0.167. The van der Waals surface area contributed by atoms with Gasteiger partial charge in [-0.3, -0.25) is 0 Å². The van der Waals surface area contributed by atoms with Crippen LogP contribution >= 0.6 is 11.6 Å². The van der Waals surface area contributed by atoms with E-state index in [-0.39, 0.29) is 0 Å². The minimum atomic E-state index is 0.450. The second-order valence-electron chi connectivity index (χ2n) is 5.48. The highest BCUT2D eigenvalue weighted by atomic mass is 35.5. The zero-order valence-electron chi connectivity index (χ0n) is 14.0. The maximum atomic E-state index is 6.13. The van der Waals surface area contributed by atoms with Crippen molar-refractivity contribution in [1.29, 1.82) is 0 Å². The molecule has 0 bridgehead atoms. The van der Waals surface area contributed by atoms with Crippen LogP contribution in [0.2, 0.25) is 5.02 Å². The van der Waals surface area contributed by atoms with E-state index in [1.165, 1.54) is 5.56 Å². The lowest BCUT2D eigenvalue weighted by Gasteiger charge is -2.09. The number of nitrogens with one attached hydrogen (secondary N) is 2. The van der Waals surface area contributed by atoms with Gasteiger partial charge in [0.2, 0.25) is 5.95 Å². The number of halogens is 1. The molecule has 0 aliphatic heterocycles. The first kappa shape index (κ1) is 17.0. The highest BCUT2D eigenvalue weighted by Crippen LogP contribution is 2.28. The molecule has 6 nitrogen and oxygen atoms in total. The van der Waals surface area contributed by atoms with E-state index in [4.69, 9.17) is 16.3 Å². The molecule has 0 aliphatic carbocycles. The molecule has 2 N–H and O–H groups in total. The Morgan fingerprint density at radius 1 is 1.16 bits per heavy atom. The highest BCUT2D eigenvalue weighted by Gasteiger charge is 2.05. The molecule has 0 atom stereocenters. The van der Waals surface area contributed by atoms with Crippen molar-refractivity contribution >= 4 is 29.1 Å². The Bertz CT molecular complexity index is 872. The number of rotatable bonds is 6. The first-order valence-electron chi connectivity index (χ1n) is 7.74. The fourth-order valence-electron chi connectivity index (χ4n) is 2.33. The quantitative estimate of drug-likeness (QED) is 0.690. The number of nitrogens with zero attached hydrogens (tertiary/aromatic N) is 3. The van der Waals surface area contributed by atoms with E-state index in [0.29, 0.717) is 29.1 Å². The molecule has 0 radical (unpaired) electrons. The maximum Gasteiger partial charge on any atom is 0.244 e. The Morgan fingerprint density at radius 3 is 2.80 bits per heavy atom. The lowest BCUT2D eigenvalue weighted by Crippen LogP contribution is -2.06. The van der Waals surface area contributed by atoms with Gasteiger partial charge < -0.3 is 15.4 Å². The third-order valence-corrected chi connectivity index (χ3v) is 3.81. The molecule has 0 aliphatic rings. The zero-order chi connectivity index (χ0) is 17.6. The van der Waals surface area contributed by atoms with Crippen LogP contribution in [0.1, 0.15) is 11.1 Å². The van der Waals surface area contributed by atoms with Crippen LogP contribution in [-0.2, 0) is 6.54 Å². The molecule has 0 saturated heterocycles. The van der Waals surface area contributed by atoms with Gasteiger partial charge in [0.1, 0.15) is 5.75 Å². The van der Waals surface area contributed by atoms with Gasteiger partial charge in [-0.25, -0.2) is 0 Å². The zero-order valence-corrected chi connectivity index (χ0v) is 14.7. The molecule has 0 spiro atoms. The second kappa shape index (κ2) is 7.81.